The van der Waals surface area contributed by atoms with E-state index >= 15 is 0 Å². The van der Waals surface area contributed by atoms with Gasteiger partial charge in [0.1, 0.15) is 5.69 Å². The third-order valence-corrected chi connectivity index (χ3v) is 5.21. The van der Waals surface area contributed by atoms with Gasteiger partial charge in [0, 0.05) is 11.1 Å². The number of H-pyrrole nitrogens is 1. The number of aromatic hydroxyl groups is 1. The number of allylic oxidation sites excluding steroid dienone is 1. The quantitative estimate of drug-likeness (QED) is 0.669. The Morgan fingerprint density at radius 2 is 2.35 bits per heavy atom. The first-order valence-corrected chi connectivity index (χ1v) is 9.43. The molecule has 2 N–H and O–H groups in total. The number of thioether (sulfide) groups is 1. The molecule has 0 radical (unpaired) electrons. The van der Waals surface area contributed by atoms with Crippen molar-refractivity contribution in [3.05, 3.63) is 46.3 Å². The fourth-order valence-corrected chi connectivity index (χ4v) is 3.93. The van der Waals surface area contributed by atoms with Gasteiger partial charge in [-0.05, 0) is 30.2 Å². The Kier molecular flexibility index (Phi) is 4.65. The van der Waals surface area contributed by atoms with Crippen LogP contribution < -0.4 is 4.74 Å². The summed E-state index contributed by atoms with van der Waals surface area (Å²) in [4.78, 5) is 12.9. The van der Waals surface area contributed by atoms with Crippen LogP contribution in [-0.2, 0) is 6.54 Å². The summed E-state index contributed by atoms with van der Waals surface area (Å²) in [6.45, 7) is 3.29. The van der Waals surface area contributed by atoms with Crippen LogP contribution in [-0.4, -0.2) is 31.2 Å². The Hall–Kier alpha value is -2.38. The Morgan fingerprint density at radius 3 is 3.08 bits per heavy atom. The lowest BCUT2D eigenvalue weighted by atomic mass is 10.2. The third-order valence-electron chi connectivity index (χ3n) is 3.90. The number of nitrogens with zero attached hydrogens (tertiary/aromatic N) is 3. The van der Waals surface area contributed by atoms with Crippen molar-refractivity contribution in [2.24, 2.45) is 0 Å². The van der Waals surface area contributed by atoms with Gasteiger partial charge in [-0.2, -0.15) is 0 Å². The van der Waals surface area contributed by atoms with E-state index in [4.69, 9.17) is 16.3 Å². The van der Waals surface area contributed by atoms with Gasteiger partial charge >= 0.3 is 0 Å². The van der Waals surface area contributed by atoms with Crippen LogP contribution in [0.4, 0.5) is 0 Å². The lowest BCUT2D eigenvalue weighted by Crippen LogP contribution is -1.96. The molecule has 1 aromatic carbocycles. The molecule has 0 bridgehead atoms. The van der Waals surface area contributed by atoms with Crippen LogP contribution in [0.2, 0.25) is 5.02 Å². The molecule has 134 valence electrons. The van der Waals surface area contributed by atoms with Crippen molar-refractivity contribution in [3.63, 3.8) is 0 Å². The Bertz CT molecular complexity index is 940. The zero-order valence-corrected chi connectivity index (χ0v) is 15.6. The number of nitrogens with one attached hydrogen (secondary N) is 1. The van der Waals surface area contributed by atoms with Crippen molar-refractivity contribution in [2.75, 3.05) is 6.61 Å². The molecule has 1 aliphatic rings. The van der Waals surface area contributed by atoms with Crippen molar-refractivity contribution >= 4 is 29.4 Å². The molecule has 2 aromatic heterocycles. The minimum Gasteiger partial charge on any atom is -0.503 e. The molecular weight excluding hydrogens is 372 g/mol. The highest BCUT2D eigenvalue weighted by Crippen LogP contribution is 2.40. The average molecular weight is 389 g/mol. The first-order valence-electron chi connectivity index (χ1n) is 8.23. The van der Waals surface area contributed by atoms with Crippen molar-refractivity contribution in [2.45, 2.75) is 25.0 Å². The maximum absolute atomic E-state index is 10.0. The van der Waals surface area contributed by atoms with Crippen LogP contribution in [0.3, 0.4) is 0 Å². The highest BCUT2D eigenvalue weighted by Gasteiger charge is 2.20. The number of fused-ring (bicyclic) bond motifs is 1. The molecule has 0 atom stereocenters. The van der Waals surface area contributed by atoms with Crippen LogP contribution in [0, 0.1) is 0 Å². The number of phenols is 1. The summed E-state index contributed by atoms with van der Waals surface area (Å²) in [6, 6.07) is 3.54. The number of aromatic nitrogens is 4. The van der Waals surface area contributed by atoms with E-state index in [1.807, 2.05) is 25.3 Å². The molecule has 0 aliphatic carbocycles. The van der Waals surface area contributed by atoms with Crippen molar-refractivity contribution in [1.29, 1.82) is 0 Å². The summed E-state index contributed by atoms with van der Waals surface area (Å²) >= 11 is 7.75. The second-order valence-electron chi connectivity index (χ2n) is 5.91. The van der Waals surface area contributed by atoms with E-state index in [0.717, 1.165) is 40.0 Å². The normalized spacial score (nSPS) is 14.8. The van der Waals surface area contributed by atoms with Crippen LogP contribution in [0.15, 0.2) is 40.9 Å². The van der Waals surface area contributed by atoms with E-state index in [9.17, 15) is 5.11 Å². The summed E-state index contributed by atoms with van der Waals surface area (Å²) < 4.78 is 7.68. The third kappa shape index (κ3) is 3.32. The van der Waals surface area contributed by atoms with Crippen LogP contribution >= 0.6 is 23.4 Å². The van der Waals surface area contributed by atoms with Gasteiger partial charge < -0.3 is 19.4 Å². The lowest BCUT2D eigenvalue weighted by molar-refractivity contribution is 0.299. The monoisotopic (exact) mass is 388 g/mol. The molecule has 3 aromatic rings. The molecule has 26 heavy (non-hydrogen) atoms. The lowest BCUT2D eigenvalue weighted by Gasteiger charge is -2.09. The molecule has 1 aliphatic heterocycles. The predicted molar refractivity (Wildman–Crippen MR) is 103 cm³/mol. The number of rotatable bonds is 5. The van der Waals surface area contributed by atoms with Gasteiger partial charge in [0.05, 0.1) is 36.4 Å². The summed E-state index contributed by atoms with van der Waals surface area (Å²) in [6.07, 6.45) is 8.31. The number of aromatic amines is 1. The van der Waals surface area contributed by atoms with Gasteiger partial charge in [-0.25, -0.2) is 9.97 Å². The Balaban J connectivity index is 1.56. The van der Waals surface area contributed by atoms with Crippen molar-refractivity contribution in [1.82, 2.24) is 19.5 Å². The molecule has 0 amide bonds. The molecule has 3 heterocycles. The molecule has 6 nitrogen and oxygen atoms in total. The van der Waals surface area contributed by atoms with Gasteiger partial charge in [0.15, 0.2) is 16.7 Å². The molecule has 0 saturated carbocycles. The Labute approximate surface area is 159 Å². The molecule has 0 saturated heterocycles. The standard InChI is InChI=1S/C18H17ClN4O2S/c1-2-3-25-16-6-11(5-13(19)17(16)24)4-12-8-23-9-15(22-18(23)26-12)14-7-20-10-21-14/h4-7,9-10,24H,2-3,8H2,1H3,(H,20,21). The van der Waals surface area contributed by atoms with Crippen molar-refractivity contribution < 1.29 is 9.84 Å². The van der Waals surface area contributed by atoms with Gasteiger partial charge in [0.25, 0.3) is 0 Å². The maximum Gasteiger partial charge on any atom is 0.176 e. The van der Waals surface area contributed by atoms with E-state index < -0.39 is 0 Å². The van der Waals surface area contributed by atoms with E-state index in [-0.39, 0.29) is 10.8 Å². The Morgan fingerprint density at radius 1 is 1.46 bits per heavy atom. The topological polar surface area (TPSA) is 76.0 Å². The first-order chi connectivity index (χ1) is 12.6. The number of hydrogen-bond donors (Lipinski definition) is 2. The van der Waals surface area contributed by atoms with E-state index in [0.29, 0.717) is 12.4 Å². The summed E-state index contributed by atoms with van der Waals surface area (Å²) in [7, 11) is 0. The largest absolute Gasteiger partial charge is 0.503 e. The molecule has 4 rings (SSSR count). The molecular formula is C18H17ClN4O2S. The highest BCUT2D eigenvalue weighted by molar-refractivity contribution is 8.03. The van der Waals surface area contributed by atoms with Gasteiger partial charge in [0.2, 0.25) is 0 Å². The zero-order chi connectivity index (χ0) is 18.1. The fourth-order valence-electron chi connectivity index (χ4n) is 2.70. The fraction of sp³-hybridized carbons (Fsp3) is 0.222. The van der Waals surface area contributed by atoms with Gasteiger partial charge in [-0.15, -0.1) is 0 Å². The van der Waals surface area contributed by atoms with Crippen LogP contribution in [0.25, 0.3) is 17.5 Å². The second kappa shape index (κ2) is 7.09. The summed E-state index contributed by atoms with van der Waals surface area (Å²) in [5.41, 5.74) is 2.67. The average Bonchev–Trinajstić information content (AvgIpc) is 3.32. The summed E-state index contributed by atoms with van der Waals surface area (Å²) in [5, 5.41) is 11.3. The van der Waals surface area contributed by atoms with Crippen LogP contribution in [0.5, 0.6) is 11.5 Å². The predicted octanol–water partition coefficient (Wildman–Crippen LogP) is 4.57. The number of benzene rings is 1. The molecule has 0 unspecified atom stereocenters. The number of phenolic OH excluding ortho intramolecular Hbond substituents is 1. The minimum absolute atomic E-state index is 0.0153. The van der Waals surface area contributed by atoms with Crippen molar-refractivity contribution in [3.8, 4) is 22.9 Å². The van der Waals surface area contributed by atoms with Gasteiger partial charge in [-0.1, -0.05) is 30.3 Å². The smallest absolute Gasteiger partial charge is 0.176 e. The van der Waals surface area contributed by atoms with E-state index in [1.54, 1.807) is 30.4 Å². The van der Waals surface area contributed by atoms with E-state index in [1.165, 1.54) is 0 Å². The van der Waals surface area contributed by atoms with Gasteiger partial charge in [-0.3, -0.25) is 0 Å². The number of hydrogen-bond acceptors (Lipinski definition) is 5. The summed E-state index contributed by atoms with van der Waals surface area (Å²) in [5.74, 6) is 0.395. The SMILES string of the molecule is CCCOc1cc(C=C2Cn3cc(-c4cnc[nH]4)nc3S2)cc(Cl)c1O. The molecule has 0 spiro atoms. The number of imidazole rings is 2. The second-order valence-corrected chi connectivity index (χ2v) is 7.41. The number of halogens is 1. The molecule has 0 fully saturated rings. The van der Waals surface area contributed by atoms with E-state index in [2.05, 4.69) is 19.5 Å². The first kappa shape index (κ1) is 17.1. The zero-order valence-electron chi connectivity index (χ0n) is 14.1. The molecule has 8 heteroatoms. The highest BCUT2D eigenvalue weighted by atomic mass is 35.5. The number of ether oxygens (including phenoxy) is 1. The maximum atomic E-state index is 10.0. The minimum atomic E-state index is -0.0153. The van der Waals surface area contributed by atoms with Crippen LogP contribution in [0.1, 0.15) is 18.9 Å².